The van der Waals surface area contributed by atoms with Crippen molar-refractivity contribution < 1.29 is 38.1 Å². The molecule has 0 aliphatic carbocycles. The zero-order valence-corrected chi connectivity index (χ0v) is 59.4. The van der Waals surface area contributed by atoms with Crippen molar-refractivity contribution in [1.29, 1.82) is 0 Å². The third-order valence-corrected chi connectivity index (χ3v) is 18.1. The maximum Gasteiger partial charge on any atom is 0.305 e. The Morgan fingerprint density at radius 1 is 0.239 bits per heavy atom. The Bertz CT molecular complexity index is 1400. The molecule has 0 aliphatic heterocycles. The van der Waals surface area contributed by atoms with E-state index in [0.29, 0.717) is 52.1 Å². The van der Waals surface area contributed by atoms with Crippen LogP contribution in [0.3, 0.4) is 0 Å². The summed E-state index contributed by atoms with van der Waals surface area (Å²) in [6.45, 7) is 11.0. The van der Waals surface area contributed by atoms with Crippen LogP contribution >= 0.6 is 0 Å². The quantitative estimate of drug-likeness (QED) is 0.0257. The minimum absolute atomic E-state index is 0.0357. The Morgan fingerprint density at radius 3 is 0.705 bits per heavy atom. The molecule has 2 unspecified atom stereocenters. The first-order valence-electron chi connectivity index (χ1n) is 39.3. The van der Waals surface area contributed by atoms with Crippen LogP contribution in [0.15, 0.2) is 24.3 Å². The van der Waals surface area contributed by atoms with Gasteiger partial charge in [0.05, 0.1) is 26.4 Å². The zero-order chi connectivity index (χ0) is 63.8. The predicted octanol–water partition coefficient (Wildman–Crippen LogP) is 25.8. The fourth-order valence-corrected chi connectivity index (χ4v) is 12.1. The van der Waals surface area contributed by atoms with Gasteiger partial charge in [-0.2, -0.15) is 0 Å². The van der Waals surface area contributed by atoms with E-state index < -0.39 is 0 Å². The Morgan fingerprint density at radius 2 is 0.443 bits per heavy atom. The highest BCUT2D eigenvalue weighted by Gasteiger charge is 2.13. The van der Waals surface area contributed by atoms with E-state index in [1.807, 2.05) is 0 Å². The molecule has 0 aromatic heterocycles. The molecule has 518 valence electrons. The standard InChI is InChI=1S/C80H150O8/c1-5-9-13-17-21-23-25-27-29-31-33-35-39-47-59-69-79(83)87-73-75(63-53-43-37-19-15-11-7-3)65-55-45-41-49-57-67-77(81)85-71-61-51-52-62-72-86-78(82)68-58-50-42-46-56-66-76(64-54-44-38-20-16-12-8-4)74-88-80(84)70-60-48-40-36-34-32-30-28-26-24-22-18-14-10-6-2/h53-54,63-64,75-76H,5-52,55-62,65-74H2,1-4H3/b63-53+,64-54?. The van der Waals surface area contributed by atoms with E-state index in [0.717, 1.165) is 141 Å². The van der Waals surface area contributed by atoms with Crippen molar-refractivity contribution in [2.45, 2.75) is 426 Å². The summed E-state index contributed by atoms with van der Waals surface area (Å²) in [5.41, 5.74) is 0. The second-order valence-corrected chi connectivity index (χ2v) is 27.0. The molecule has 0 saturated heterocycles. The van der Waals surface area contributed by atoms with Gasteiger partial charge in [-0.1, -0.05) is 335 Å². The Hall–Kier alpha value is -2.64. The van der Waals surface area contributed by atoms with Crippen molar-refractivity contribution in [3.05, 3.63) is 24.3 Å². The van der Waals surface area contributed by atoms with Gasteiger partial charge < -0.3 is 18.9 Å². The molecule has 0 aromatic carbocycles. The second kappa shape index (κ2) is 73.4. The number of hydrogen-bond donors (Lipinski definition) is 0. The molecule has 2 atom stereocenters. The van der Waals surface area contributed by atoms with E-state index in [9.17, 15) is 19.2 Å². The van der Waals surface area contributed by atoms with Gasteiger partial charge >= 0.3 is 23.9 Å². The molecular formula is C80H150O8. The van der Waals surface area contributed by atoms with Crippen LogP contribution in [0.25, 0.3) is 0 Å². The highest BCUT2D eigenvalue weighted by molar-refractivity contribution is 5.70. The minimum Gasteiger partial charge on any atom is -0.466 e. The fraction of sp³-hybridized carbons (Fsp3) is 0.900. The molecule has 88 heavy (non-hydrogen) atoms. The molecule has 0 fully saturated rings. The van der Waals surface area contributed by atoms with Gasteiger partial charge in [-0.3, -0.25) is 19.2 Å². The molecule has 8 heteroatoms. The summed E-state index contributed by atoms with van der Waals surface area (Å²) < 4.78 is 22.7. The monoisotopic (exact) mass is 1240 g/mol. The van der Waals surface area contributed by atoms with E-state index in [2.05, 4.69) is 52.0 Å². The van der Waals surface area contributed by atoms with Gasteiger partial charge in [0.2, 0.25) is 0 Å². The number of ether oxygens (including phenoxy) is 4. The van der Waals surface area contributed by atoms with Crippen LogP contribution in [-0.2, 0) is 38.1 Å². The number of carbonyl (C=O) groups excluding carboxylic acids is 4. The summed E-state index contributed by atoms with van der Waals surface area (Å²) in [6.07, 6.45) is 82.1. The molecule has 0 heterocycles. The van der Waals surface area contributed by atoms with E-state index in [1.54, 1.807) is 0 Å². The van der Waals surface area contributed by atoms with E-state index >= 15 is 0 Å². The number of allylic oxidation sites excluding steroid dienone is 2. The molecule has 0 saturated carbocycles. The van der Waals surface area contributed by atoms with Gasteiger partial charge in [-0.25, -0.2) is 0 Å². The summed E-state index contributed by atoms with van der Waals surface area (Å²) in [4.78, 5) is 50.2. The van der Waals surface area contributed by atoms with E-state index in [-0.39, 0.29) is 35.7 Å². The van der Waals surface area contributed by atoms with Crippen molar-refractivity contribution in [2.24, 2.45) is 11.8 Å². The molecule has 0 N–H and O–H groups in total. The number of rotatable bonds is 73. The van der Waals surface area contributed by atoms with Crippen molar-refractivity contribution >= 4 is 23.9 Å². The summed E-state index contributed by atoms with van der Waals surface area (Å²) in [7, 11) is 0. The lowest BCUT2D eigenvalue weighted by Gasteiger charge is -2.14. The van der Waals surface area contributed by atoms with E-state index in [1.165, 1.54) is 231 Å². The third kappa shape index (κ3) is 69.3. The Kier molecular flexibility index (Phi) is 71.2. The zero-order valence-electron chi connectivity index (χ0n) is 59.4. The van der Waals surface area contributed by atoms with Crippen LogP contribution < -0.4 is 0 Å². The first-order valence-corrected chi connectivity index (χ1v) is 39.3. The molecule has 0 aliphatic rings. The van der Waals surface area contributed by atoms with Crippen LogP contribution in [0.1, 0.15) is 426 Å². The SMILES string of the molecule is CCCCCCCC=CC(CCCCCCCC(=O)OCCCCCCOC(=O)CCCCCCCC(/C=C/CCCCCCC)COC(=O)CCCCCCCCCCCCCCCCC)COC(=O)CCCCCCCCCCCCCCCCC. The van der Waals surface area contributed by atoms with Crippen LogP contribution in [0.4, 0.5) is 0 Å². The number of carbonyl (C=O) groups is 4. The Balaban J connectivity index is 4.12. The average molecular weight is 1240 g/mol. The lowest BCUT2D eigenvalue weighted by atomic mass is 9.99. The highest BCUT2D eigenvalue weighted by Crippen LogP contribution is 2.21. The number of unbranched alkanes of at least 4 members (excludes halogenated alkanes) is 49. The van der Waals surface area contributed by atoms with Crippen molar-refractivity contribution in [3.8, 4) is 0 Å². The van der Waals surface area contributed by atoms with Crippen molar-refractivity contribution in [1.82, 2.24) is 0 Å². The topological polar surface area (TPSA) is 105 Å². The average Bonchev–Trinajstić information content (AvgIpc) is 3.52. The van der Waals surface area contributed by atoms with Crippen LogP contribution in [0.5, 0.6) is 0 Å². The lowest BCUT2D eigenvalue weighted by Crippen LogP contribution is -2.13. The fourth-order valence-electron chi connectivity index (χ4n) is 12.1. The van der Waals surface area contributed by atoms with Gasteiger partial charge in [-0.05, 0) is 89.9 Å². The minimum atomic E-state index is -0.0986. The maximum atomic E-state index is 12.7. The normalized spacial score (nSPS) is 12.4. The van der Waals surface area contributed by atoms with Crippen molar-refractivity contribution in [3.63, 3.8) is 0 Å². The molecule has 8 nitrogen and oxygen atoms in total. The molecular weight excluding hydrogens is 1090 g/mol. The summed E-state index contributed by atoms with van der Waals surface area (Å²) in [6, 6.07) is 0. The second-order valence-electron chi connectivity index (χ2n) is 27.0. The molecule has 0 amide bonds. The predicted molar refractivity (Wildman–Crippen MR) is 378 cm³/mol. The number of hydrogen-bond acceptors (Lipinski definition) is 8. The van der Waals surface area contributed by atoms with Gasteiger partial charge in [0, 0.05) is 37.5 Å². The van der Waals surface area contributed by atoms with Crippen LogP contribution in [0.2, 0.25) is 0 Å². The molecule has 0 rings (SSSR count). The molecule has 0 aromatic rings. The maximum absolute atomic E-state index is 12.7. The lowest BCUT2D eigenvalue weighted by molar-refractivity contribution is -0.145. The molecule has 0 radical (unpaired) electrons. The molecule has 0 spiro atoms. The smallest absolute Gasteiger partial charge is 0.305 e. The molecule has 0 bridgehead atoms. The van der Waals surface area contributed by atoms with Gasteiger partial charge in [0.25, 0.3) is 0 Å². The first kappa shape index (κ1) is 85.4. The summed E-state index contributed by atoms with van der Waals surface area (Å²) in [5, 5.41) is 0. The summed E-state index contributed by atoms with van der Waals surface area (Å²) in [5.74, 6) is 0.287. The van der Waals surface area contributed by atoms with Gasteiger partial charge in [-0.15, -0.1) is 0 Å². The van der Waals surface area contributed by atoms with Crippen LogP contribution in [0, 0.1) is 11.8 Å². The van der Waals surface area contributed by atoms with E-state index in [4.69, 9.17) is 18.9 Å². The van der Waals surface area contributed by atoms with Gasteiger partial charge in [0.1, 0.15) is 0 Å². The largest absolute Gasteiger partial charge is 0.466 e. The summed E-state index contributed by atoms with van der Waals surface area (Å²) >= 11 is 0. The van der Waals surface area contributed by atoms with Crippen molar-refractivity contribution in [2.75, 3.05) is 26.4 Å². The Labute approximate surface area is 547 Å². The highest BCUT2D eigenvalue weighted by atomic mass is 16.5. The third-order valence-electron chi connectivity index (χ3n) is 18.1. The van der Waals surface area contributed by atoms with Gasteiger partial charge in [0.15, 0.2) is 0 Å². The van der Waals surface area contributed by atoms with Crippen LogP contribution in [-0.4, -0.2) is 50.3 Å². The number of esters is 4. The first-order chi connectivity index (χ1) is 43.4.